The highest BCUT2D eigenvalue weighted by Gasteiger charge is 2.27. The molecule has 0 fully saturated rings. The summed E-state index contributed by atoms with van der Waals surface area (Å²) in [4.78, 5) is 0.239. The minimum atomic E-state index is -4.23. The van der Waals surface area contributed by atoms with E-state index in [-0.39, 0.29) is 4.99 Å². The number of hydrogen-bond donors (Lipinski definition) is 1. The normalized spacial score (nSPS) is 11.6. The molecule has 0 saturated heterocycles. The lowest BCUT2D eigenvalue weighted by molar-refractivity contribution is -0.139. The van der Waals surface area contributed by atoms with Gasteiger partial charge in [0.25, 0.3) is 0 Å². The van der Waals surface area contributed by atoms with Gasteiger partial charge in [-0.15, -0.1) is 0 Å². The maximum Gasteiger partial charge on any atom is 0.392 e. The van der Waals surface area contributed by atoms with Crippen molar-refractivity contribution >= 4 is 28.0 Å². The van der Waals surface area contributed by atoms with Crippen LogP contribution >= 0.6 is 12.2 Å². The number of thiocarbonyl (C=S) groups is 1. The van der Waals surface area contributed by atoms with Crippen LogP contribution in [0.25, 0.3) is 10.8 Å². The third-order valence-electron chi connectivity index (χ3n) is 2.79. The zero-order valence-corrected chi connectivity index (χ0v) is 11.2. The summed E-state index contributed by atoms with van der Waals surface area (Å²) >= 11 is 4.96. The van der Waals surface area contributed by atoms with Crippen LogP contribution in [-0.2, 0) is 0 Å². The molecule has 106 valence electrons. The summed E-state index contributed by atoms with van der Waals surface area (Å²) in [5.74, 6) is 0.393. The summed E-state index contributed by atoms with van der Waals surface area (Å²) in [5.41, 5.74) is 6.31. The fourth-order valence-corrected chi connectivity index (χ4v) is 2.07. The van der Waals surface area contributed by atoms with E-state index < -0.39 is 19.2 Å². The topological polar surface area (TPSA) is 35.2 Å². The van der Waals surface area contributed by atoms with Gasteiger partial charge in [0.1, 0.15) is 10.7 Å². The maximum absolute atomic E-state index is 12.1. The molecule has 0 bridgehead atoms. The van der Waals surface area contributed by atoms with Crippen molar-refractivity contribution in [2.75, 3.05) is 6.61 Å². The first-order valence-electron chi connectivity index (χ1n) is 5.89. The molecule has 2 nitrogen and oxygen atoms in total. The van der Waals surface area contributed by atoms with Gasteiger partial charge in [-0.2, -0.15) is 13.2 Å². The first-order chi connectivity index (χ1) is 9.38. The molecule has 0 aliphatic rings. The highest BCUT2D eigenvalue weighted by atomic mass is 32.1. The molecule has 0 heterocycles. The van der Waals surface area contributed by atoms with Crippen molar-refractivity contribution in [1.82, 2.24) is 0 Å². The molecular weight excluding hydrogens is 287 g/mol. The Labute approximate surface area is 119 Å². The van der Waals surface area contributed by atoms with Crippen molar-refractivity contribution in [3.05, 3.63) is 42.0 Å². The molecule has 2 rings (SSSR count). The summed E-state index contributed by atoms with van der Waals surface area (Å²) in [6.07, 6.45) is -5.22. The SMILES string of the molecule is NC(=S)c1ccc(OCCC(F)(F)F)c2ccccc12. The zero-order valence-electron chi connectivity index (χ0n) is 10.4. The number of benzene rings is 2. The predicted molar refractivity (Wildman–Crippen MR) is 76.0 cm³/mol. The molecule has 20 heavy (non-hydrogen) atoms. The average molecular weight is 299 g/mol. The summed E-state index contributed by atoms with van der Waals surface area (Å²) in [5, 5.41) is 1.46. The Balaban J connectivity index is 2.31. The Morgan fingerprint density at radius 3 is 2.35 bits per heavy atom. The van der Waals surface area contributed by atoms with E-state index in [0.717, 1.165) is 5.39 Å². The quantitative estimate of drug-likeness (QED) is 0.872. The van der Waals surface area contributed by atoms with Crippen LogP contribution in [0, 0.1) is 0 Å². The van der Waals surface area contributed by atoms with E-state index in [1.54, 1.807) is 30.3 Å². The average Bonchev–Trinajstić information content (AvgIpc) is 2.37. The van der Waals surface area contributed by atoms with Crippen molar-refractivity contribution in [1.29, 1.82) is 0 Å². The molecule has 2 N–H and O–H groups in total. The van der Waals surface area contributed by atoms with Crippen LogP contribution in [0.5, 0.6) is 5.75 Å². The van der Waals surface area contributed by atoms with Crippen LogP contribution in [-0.4, -0.2) is 17.8 Å². The van der Waals surface area contributed by atoms with Crippen molar-refractivity contribution in [3.8, 4) is 5.75 Å². The lowest BCUT2D eigenvalue weighted by atomic mass is 10.0. The number of rotatable bonds is 4. The lowest BCUT2D eigenvalue weighted by Gasteiger charge is -2.13. The number of halogens is 3. The zero-order chi connectivity index (χ0) is 14.8. The molecule has 2 aromatic rings. The van der Waals surface area contributed by atoms with E-state index in [4.69, 9.17) is 22.7 Å². The summed E-state index contributed by atoms with van der Waals surface area (Å²) in [6, 6.07) is 10.4. The first-order valence-corrected chi connectivity index (χ1v) is 6.30. The maximum atomic E-state index is 12.1. The highest BCUT2D eigenvalue weighted by molar-refractivity contribution is 7.80. The number of fused-ring (bicyclic) bond motifs is 1. The Hall–Kier alpha value is -1.82. The van der Waals surface area contributed by atoms with E-state index in [2.05, 4.69) is 0 Å². The van der Waals surface area contributed by atoms with E-state index in [9.17, 15) is 13.2 Å². The van der Waals surface area contributed by atoms with Crippen LogP contribution in [0.1, 0.15) is 12.0 Å². The second-order valence-corrected chi connectivity index (χ2v) is 4.67. The molecule has 2 aromatic carbocycles. The van der Waals surface area contributed by atoms with E-state index >= 15 is 0 Å². The standard InChI is InChI=1S/C14H12F3NOS/c15-14(16,17)7-8-19-12-6-5-11(13(18)20)9-3-1-2-4-10(9)12/h1-6H,7-8H2,(H2,18,20). The van der Waals surface area contributed by atoms with Crippen LogP contribution in [0.4, 0.5) is 13.2 Å². The Morgan fingerprint density at radius 1 is 1.10 bits per heavy atom. The van der Waals surface area contributed by atoms with Crippen molar-refractivity contribution in [2.24, 2.45) is 5.73 Å². The van der Waals surface area contributed by atoms with Gasteiger partial charge in [0.05, 0.1) is 13.0 Å². The molecule has 0 aromatic heterocycles. The third kappa shape index (κ3) is 3.39. The van der Waals surface area contributed by atoms with Crippen molar-refractivity contribution in [3.63, 3.8) is 0 Å². The van der Waals surface area contributed by atoms with E-state index in [1.807, 2.05) is 6.07 Å². The molecule has 0 saturated carbocycles. The first kappa shape index (κ1) is 14.6. The Bertz CT molecular complexity index is 640. The van der Waals surface area contributed by atoms with E-state index in [1.165, 1.54) is 0 Å². The number of ether oxygens (including phenoxy) is 1. The molecule has 0 unspecified atom stereocenters. The minimum absolute atomic E-state index is 0.239. The van der Waals surface area contributed by atoms with Crippen molar-refractivity contribution in [2.45, 2.75) is 12.6 Å². The lowest BCUT2D eigenvalue weighted by Crippen LogP contribution is -2.13. The molecule has 0 amide bonds. The molecule has 0 atom stereocenters. The van der Waals surface area contributed by atoms with Gasteiger partial charge in [-0.25, -0.2) is 0 Å². The van der Waals surface area contributed by atoms with Gasteiger partial charge < -0.3 is 10.5 Å². The highest BCUT2D eigenvalue weighted by Crippen LogP contribution is 2.29. The molecule has 0 spiro atoms. The monoisotopic (exact) mass is 299 g/mol. The number of nitrogens with two attached hydrogens (primary N) is 1. The second kappa shape index (κ2) is 5.66. The minimum Gasteiger partial charge on any atom is -0.493 e. The number of alkyl halides is 3. The Morgan fingerprint density at radius 2 is 1.75 bits per heavy atom. The summed E-state index contributed by atoms with van der Waals surface area (Å²) < 4.78 is 41.6. The van der Waals surface area contributed by atoms with Gasteiger partial charge in [-0.1, -0.05) is 36.5 Å². The Kier molecular flexibility index (Phi) is 4.13. The molecule has 6 heteroatoms. The fourth-order valence-electron chi connectivity index (χ4n) is 1.89. The molecule has 0 aliphatic carbocycles. The second-order valence-electron chi connectivity index (χ2n) is 4.23. The molecular formula is C14H12F3NOS. The summed E-state index contributed by atoms with van der Waals surface area (Å²) in [6.45, 7) is -0.417. The van der Waals surface area contributed by atoms with Crippen LogP contribution < -0.4 is 10.5 Å². The fraction of sp³-hybridized carbons (Fsp3) is 0.214. The van der Waals surface area contributed by atoms with Gasteiger partial charge in [0.2, 0.25) is 0 Å². The number of hydrogen-bond acceptors (Lipinski definition) is 2. The van der Waals surface area contributed by atoms with E-state index in [0.29, 0.717) is 16.7 Å². The van der Waals surface area contributed by atoms with Crippen LogP contribution in [0.15, 0.2) is 36.4 Å². The predicted octanol–water partition coefficient (Wildman–Crippen LogP) is 3.81. The van der Waals surface area contributed by atoms with Gasteiger partial charge in [-0.05, 0) is 17.5 Å². The summed E-state index contributed by atoms with van der Waals surface area (Å²) in [7, 11) is 0. The van der Waals surface area contributed by atoms with Crippen molar-refractivity contribution < 1.29 is 17.9 Å². The van der Waals surface area contributed by atoms with Crippen LogP contribution in [0.3, 0.4) is 0 Å². The molecule has 0 aliphatic heterocycles. The van der Waals surface area contributed by atoms with Gasteiger partial charge in [0.15, 0.2) is 0 Å². The van der Waals surface area contributed by atoms with Gasteiger partial charge >= 0.3 is 6.18 Å². The van der Waals surface area contributed by atoms with Gasteiger partial charge in [0, 0.05) is 10.9 Å². The van der Waals surface area contributed by atoms with Gasteiger partial charge in [-0.3, -0.25) is 0 Å². The van der Waals surface area contributed by atoms with Crippen LogP contribution in [0.2, 0.25) is 0 Å². The molecule has 0 radical (unpaired) electrons. The third-order valence-corrected chi connectivity index (χ3v) is 3.01. The smallest absolute Gasteiger partial charge is 0.392 e. The largest absolute Gasteiger partial charge is 0.493 e.